The molecule has 1 N–H and O–H groups in total. The maximum atomic E-state index is 8.99. The fourth-order valence-corrected chi connectivity index (χ4v) is 0.903. The van der Waals surface area contributed by atoms with E-state index in [0.717, 1.165) is 18.5 Å². The van der Waals surface area contributed by atoms with E-state index in [1.807, 2.05) is 18.2 Å². The first-order valence-electron chi connectivity index (χ1n) is 3.87. The maximum Gasteiger partial charge on any atom is 0.0515 e. The van der Waals surface area contributed by atoms with Crippen LogP contribution in [0.2, 0.25) is 0 Å². The number of nitrogens with zero attached hydrogens (tertiary/aromatic N) is 1. The number of hydrogen-bond donors (Lipinski definition) is 1. The summed E-state index contributed by atoms with van der Waals surface area (Å²) in [5.41, 5.74) is 1.05. The minimum atomic E-state index is -0.225. The summed E-state index contributed by atoms with van der Waals surface area (Å²) in [6.45, 7) is 1.79. The number of aromatic nitrogens is 1. The molecule has 0 aliphatic carbocycles. The predicted molar refractivity (Wildman–Crippen MR) is 44.2 cm³/mol. The van der Waals surface area contributed by atoms with E-state index in [4.69, 9.17) is 5.11 Å². The zero-order valence-electron chi connectivity index (χ0n) is 6.70. The monoisotopic (exact) mass is 151 g/mol. The van der Waals surface area contributed by atoms with Gasteiger partial charge < -0.3 is 5.11 Å². The number of aliphatic hydroxyl groups is 1. The van der Waals surface area contributed by atoms with Gasteiger partial charge in [0.25, 0.3) is 0 Å². The smallest absolute Gasteiger partial charge is 0.0515 e. The Bertz CT molecular complexity index is 196. The highest BCUT2D eigenvalue weighted by Gasteiger charge is 1.96. The fraction of sp³-hybridized carbons (Fsp3) is 0.444. The van der Waals surface area contributed by atoms with Crippen molar-refractivity contribution in [3.8, 4) is 0 Å². The van der Waals surface area contributed by atoms with E-state index in [1.54, 1.807) is 13.1 Å². The number of hydrogen-bond acceptors (Lipinski definition) is 2. The van der Waals surface area contributed by atoms with E-state index in [9.17, 15) is 0 Å². The van der Waals surface area contributed by atoms with E-state index in [0.29, 0.717) is 0 Å². The molecule has 0 saturated heterocycles. The first-order valence-corrected chi connectivity index (χ1v) is 3.87. The van der Waals surface area contributed by atoms with Gasteiger partial charge in [-0.05, 0) is 31.9 Å². The van der Waals surface area contributed by atoms with Crippen LogP contribution in [-0.4, -0.2) is 16.2 Å². The second kappa shape index (κ2) is 4.09. The van der Waals surface area contributed by atoms with Crippen LogP contribution in [0, 0.1) is 0 Å². The van der Waals surface area contributed by atoms with Crippen molar-refractivity contribution in [1.29, 1.82) is 0 Å². The lowest BCUT2D eigenvalue weighted by molar-refractivity contribution is 0.184. The zero-order valence-corrected chi connectivity index (χ0v) is 6.70. The van der Waals surface area contributed by atoms with Gasteiger partial charge >= 0.3 is 0 Å². The molecule has 1 unspecified atom stereocenters. The number of pyridine rings is 1. The highest BCUT2D eigenvalue weighted by Crippen LogP contribution is 2.00. The quantitative estimate of drug-likeness (QED) is 0.708. The summed E-state index contributed by atoms with van der Waals surface area (Å²) in [6, 6.07) is 5.83. The van der Waals surface area contributed by atoms with Crippen molar-refractivity contribution in [2.45, 2.75) is 25.9 Å². The molecule has 1 aromatic heterocycles. The fourth-order valence-electron chi connectivity index (χ4n) is 0.903. The van der Waals surface area contributed by atoms with Gasteiger partial charge in [0.2, 0.25) is 0 Å². The van der Waals surface area contributed by atoms with Gasteiger partial charge in [0.1, 0.15) is 0 Å². The van der Waals surface area contributed by atoms with Crippen molar-refractivity contribution in [2.75, 3.05) is 0 Å². The predicted octanol–water partition coefficient (Wildman–Crippen LogP) is 1.40. The topological polar surface area (TPSA) is 33.1 Å². The maximum absolute atomic E-state index is 8.99. The van der Waals surface area contributed by atoms with Gasteiger partial charge in [-0.2, -0.15) is 0 Å². The highest BCUT2D eigenvalue weighted by atomic mass is 16.3. The summed E-state index contributed by atoms with van der Waals surface area (Å²) in [6.07, 6.45) is 3.20. The highest BCUT2D eigenvalue weighted by molar-refractivity contribution is 5.03. The third-order valence-corrected chi connectivity index (χ3v) is 1.54. The normalized spacial score (nSPS) is 12.9. The first-order chi connectivity index (χ1) is 5.29. The van der Waals surface area contributed by atoms with Gasteiger partial charge in [-0.1, -0.05) is 6.07 Å². The summed E-state index contributed by atoms with van der Waals surface area (Å²) in [5.74, 6) is 0. The Morgan fingerprint density at radius 3 is 2.91 bits per heavy atom. The Morgan fingerprint density at radius 1 is 1.55 bits per heavy atom. The first kappa shape index (κ1) is 8.21. The van der Waals surface area contributed by atoms with E-state index in [-0.39, 0.29) is 6.10 Å². The number of rotatable bonds is 3. The van der Waals surface area contributed by atoms with Crippen LogP contribution in [0.5, 0.6) is 0 Å². The van der Waals surface area contributed by atoms with Gasteiger partial charge in [0.15, 0.2) is 0 Å². The van der Waals surface area contributed by atoms with Crippen LogP contribution in [0.4, 0.5) is 0 Å². The zero-order chi connectivity index (χ0) is 8.10. The molecular formula is C9H13NO. The molecule has 60 valence electrons. The average molecular weight is 151 g/mol. The molecule has 0 bridgehead atoms. The SMILES string of the molecule is CC(O)CCc1ccccn1. The van der Waals surface area contributed by atoms with Crippen LogP contribution < -0.4 is 0 Å². The lowest BCUT2D eigenvalue weighted by atomic mass is 10.1. The molecule has 0 spiro atoms. The Balaban J connectivity index is 2.39. The molecule has 0 amide bonds. The van der Waals surface area contributed by atoms with Crippen molar-refractivity contribution < 1.29 is 5.11 Å². The molecule has 1 rings (SSSR count). The van der Waals surface area contributed by atoms with Crippen LogP contribution in [0.15, 0.2) is 24.4 Å². The number of aliphatic hydroxyl groups excluding tert-OH is 1. The molecule has 0 saturated carbocycles. The lowest BCUT2D eigenvalue weighted by Crippen LogP contribution is -2.02. The third-order valence-electron chi connectivity index (χ3n) is 1.54. The van der Waals surface area contributed by atoms with Crippen molar-refractivity contribution in [1.82, 2.24) is 4.98 Å². The van der Waals surface area contributed by atoms with Crippen LogP contribution in [0.25, 0.3) is 0 Å². The lowest BCUT2D eigenvalue weighted by Gasteiger charge is -2.01. The molecule has 1 aromatic rings. The Morgan fingerprint density at radius 2 is 2.36 bits per heavy atom. The Labute approximate surface area is 66.9 Å². The average Bonchev–Trinajstić information content (AvgIpc) is 2.03. The minimum Gasteiger partial charge on any atom is -0.393 e. The molecule has 0 aromatic carbocycles. The number of aryl methyl sites for hydroxylation is 1. The molecular weight excluding hydrogens is 138 g/mol. The second-order valence-electron chi connectivity index (χ2n) is 2.71. The summed E-state index contributed by atoms with van der Waals surface area (Å²) in [4.78, 5) is 4.14. The third kappa shape index (κ3) is 3.14. The Hall–Kier alpha value is -0.890. The minimum absolute atomic E-state index is 0.225. The Kier molecular flexibility index (Phi) is 3.05. The molecule has 0 fully saturated rings. The van der Waals surface area contributed by atoms with Crippen LogP contribution >= 0.6 is 0 Å². The van der Waals surface area contributed by atoms with E-state index in [2.05, 4.69) is 4.98 Å². The van der Waals surface area contributed by atoms with Gasteiger partial charge in [-0.25, -0.2) is 0 Å². The molecule has 0 aliphatic rings. The van der Waals surface area contributed by atoms with E-state index in [1.165, 1.54) is 0 Å². The molecule has 1 atom stereocenters. The standard InChI is InChI=1S/C9H13NO/c1-8(11)5-6-9-4-2-3-7-10-9/h2-4,7-8,11H,5-6H2,1H3. The molecule has 0 radical (unpaired) electrons. The molecule has 2 heteroatoms. The van der Waals surface area contributed by atoms with Crippen LogP contribution in [0.3, 0.4) is 0 Å². The van der Waals surface area contributed by atoms with Gasteiger partial charge in [-0.3, -0.25) is 4.98 Å². The van der Waals surface area contributed by atoms with Gasteiger partial charge in [0.05, 0.1) is 6.10 Å². The van der Waals surface area contributed by atoms with Gasteiger partial charge in [-0.15, -0.1) is 0 Å². The second-order valence-corrected chi connectivity index (χ2v) is 2.71. The van der Waals surface area contributed by atoms with Crippen molar-refractivity contribution in [3.63, 3.8) is 0 Å². The van der Waals surface area contributed by atoms with E-state index >= 15 is 0 Å². The molecule has 11 heavy (non-hydrogen) atoms. The van der Waals surface area contributed by atoms with Crippen LogP contribution in [0.1, 0.15) is 19.0 Å². The molecule has 2 nitrogen and oxygen atoms in total. The summed E-state index contributed by atoms with van der Waals surface area (Å²) in [7, 11) is 0. The summed E-state index contributed by atoms with van der Waals surface area (Å²) >= 11 is 0. The van der Waals surface area contributed by atoms with Gasteiger partial charge in [0, 0.05) is 11.9 Å². The summed E-state index contributed by atoms with van der Waals surface area (Å²) in [5, 5.41) is 8.99. The largest absolute Gasteiger partial charge is 0.393 e. The van der Waals surface area contributed by atoms with Crippen LogP contribution in [-0.2, 0) is 6.42 Å². The van der Waals surface area contributed by atoms with Crippen molar-refractivity contribution in [3.05, 3.63) is 30.1 Å². The molecule has 1 heterocycles. The summed E-state index contributed by atoms with van der Waals surface area (Å²) < 4.78 is 0. The van der Waals surface area contributed by atoms with E-state index < -0.39 is 0 Å². The van der Waals surface area contributed by atoms with Crippen molar-refractivity contribution in [2.24, 2.45) is 0 Å². The van der Waals surface area contributed by atoms with Crippen molar-refractivity contribution >= 4 is 0 Å². The molecule has 0 aliphatic heterocycles.